The third-order valence-electron chi connectivity index (χ3n) is 0.603. The van der Waals surface area contributed by atoms with Gasteiger partial charge in [-0.25, -0.2) is 0 Å². The third kappa shape index (κ3) is 6.40. The molecule has 0 aliphatic carbocycles. The first-order valence-electron chi connectivity index (χ1n) is 2.33. The highest BCUT2D eigenvalue weighted by Crippen LogP contribution is 1.84. The minimum atomic E-state index is -0.688. The van der Waals surface area contributed by atoms with Gasteiger partial charge in [0.05, 0.1) is 6.26 Å². The summed E-state index contributed by atoms with van der Waals surface area (Å²) in [6.07, 6.45) is 5.45. The maximum atomic E-state index is 10.4. The summed E-state index contributed by atoms with van der Waals surface area (Å²) in [7, 11) is 0. The zero-order valence-corrected chi connectivity index (χ0v) is 6.54. The molecule has 0 aromatic heterocycles. The molecule has 1 atom stereocenters. The molecule has 48 valence electrons. The van der Waals surface area contributed by atoms with Gasteiger partial charge in [-0.1, -0.05) is 17.3 Å². The average molecular weight is 150 g/mol. The molecule has 0 N–H and O–H groups in total. The van der Waals surface area contributed by atoms with Crippen molar-refractivity contribution < 1.29 is 4.55 Å². The van der Waals surface area contributed by atoms with Crippen LogP contribution in [0, 0.1) is 0 Å². The van der Waals surface area contributed by atoms with Crippen LogP contribution in [0.15, 0.2) is 12.2 Å². The Labute approximate surface area is 58.8 Å². The lowest BCUT2D eigenvalue weighted by Gasteiger charge is -1.97. The maximum Gasteiger partial charge on any atom is 0.123 e. The summed E-state index contributed by atoms with van der Waals surface area (Å²) < 4.78 is 10.4. The van der Waals surface area contributed by atoms with Crippen molar-refractivity contribution in [3.05, 3.63) is 12.2 Å². The Hall–Kier alpha value is 0.400. The Morgan fingerprint density at radius 2 is 2.25 bits per heavy atom. The summed E-state index contributed by atoms with van der Waals surface area (Å²) in [5, 5.41) is 0. The molecule has 0 saturated carbocycles. The number of hydrogen-bond donors (Lipinski definition) is 1. The molecule has 0 bridgehead atoms. The quantitative estimate of drug-likeness (QED) is 0.360. The van der Waals surface area contributed by atoms with E-state index in [1.807, 2.05) is 12.2 Å². The second-order valence-electron chi connectivity index (χ2n) is 1.39. The number of rotatable bonds is 3. The Morgan fingerprint density at radius 3 is 2.62 bits per heavy atom. The summed E-state index contributed by atoms with van der Waals surface area (Å²) >= 11 is 3.25. The number of thiol groups is 1. The molecule has 0 aromatic carbocycles. The van der Waals surface area contributed by atoms with Gasteiger partial charge in [0.2, 0.25) is 0 Å². The first-order chi connectivity index (χ1) is 3.77. The molecule has 8 heavy (non-hydrogen) atoms. The zero-order chi connectivity index (χ0) is 6.41. The molecule has 0 aliphatic heterocycles. The maximum absolute atomic E-state index is 10.4. The highest BCUT2D eigenvalue weighted by Gasteiger charge is 1.86. The van der Waals surface area contributed by atoms with Crippen LogP contribution in [0.5, 0.6) is 0 Å². The predicted molar refractivity (Wildman–Crippen MR) is 41.9 cm³/mol. The normalized spacial score (nSPS) is 14.9. The summed E-state index contributed by atoms with van der Waals surface area (Å²) in [5.41, 5.74) is 0. The second kappa shape index (κ2) is 5.54. The minimum absolute atomic E-state index is 0.653. The van der Waals surface area contributed by atoms with E-state index in [0.29, 0.717) is 5.75 Å². The van der Waals surface area contributed by atoms with Crippen LogP contribution in [0.4, 0.5) is 0 Å². The highest BCUT2D eigenvalue weighted by molar-refractivity contribution is 7.90. The summed E-state index contributed by atoms with van der Waals surface area (Å²) in [4.78, 5) is 0. The van der Waals surface area contributed by atoms with Crippen molar-refractivity contribution in [2.75, 3.05) is 17.8 Å². The van der Waals surface area contributed by atoms with E-state index >= 15 is 0 Å². The van der Waals surface area contributed by atoms with Crippen molar-refractivity contribution in [1.82, 2.24) is 0 Å². The average Bonchev–Trinajstić information content (AvgIpc) is 1.66. The fourth-order valence-electron chi connectivity index (χ4n) is 0.278. The van der Waals surface area contributed by atoms with Crippen LogP contribution in [0.3, 0.4) is 0 Å². The molecular formula is C5H10OS2. The second-order valence-corrected chi connectivity index (χ2v) is 3.24. The molecule has 1 nitrogen and oxygen atoms in total. The summed E-state index contributed by atoms with van der Waals surface area (Å²) in [5.74, 6) is 1.39. The molecule has 0 heterocycles. The number of hydrogen-bond acceptors (Lipinski definition) is 2. The monoisotopic (exact) mass is 150 g/mol. The van der Waals surface area contributed by atoms with E-state index < -0.39 is 11.2 Å². The van der Waals surface area contributed by atoms with Crippen LogP contribution < -0.4 is 0 Å². The molecule has 0 spiro atoms. The summed E-state index contributed by atoms with van der Waals surface area (Å²) in [6.45, 7) is 0. The van der Waals surface area contributed by atoms with Crippen LogP contribution in [0.25, 0.3) is 0 Å². The summed E-state index contributed by atoms with van der Waals surface area (Å²) in [6, 6.07) is 0. The van der Waals surface area contributed by atoms with E-state index in [1.54, 1.807) is 6.26 Å². The van der Waals surface area contributed by atoms with Gasteiger partial charge in [-0.05, 0) is 6.08 Å². The van der Waals surface area contributed by atoms with E-state index in [0.717, 1.165) is 5.75 Å². The Balaban J connectivity index is 3.03. The van der Waals surface area contributed by atoms with Gasteiger partial charge in [0.15, 0.2) is 0 Å². The minimum Gasteiger partial charge on any atom is -0.616 e. The van der Waals surface area contributed by atoms with E-state index in [1.165, 1.54) is 0 Å². The SMILES string of the molecule is C[S+]([O-])C/C=C/CS. The van der Waals surface area contributed by atoms with Crippen LogP contribution in [0.1, 0.15) is 0 Å². The molecule has 0 saturated heterocycles. The smallest absolute Gasteiger partial charge is 0.123 e. The molecule has 0 amide bonds. The van der Waals surface area contributed by atoms with Crippen LogP contribution in [-0.4, -0.2) is 22.3 Å². The van der Waals surface area contributed by atoms with Gasteiger partial charge >= 0.3 is 0 Å². The van der Waals surface area contributed by atoms with E-state index in [4.69, 9.17) is 0 Å². The van der Waals surface area contributed by atoms with E-state index in [-0.39, 0.29) is 0 Å². The highest BCUT2D eigenvalue weighted by atomic mass is 32.2. The molecule has 0 radical (unpaired) electrons. The van der Waals surface area contributed by atoms with Gasteiger partial charge in [-0.2, -0.15) is 12.6 Å². The van der Waals surface area contributed by atoms with Crippen molar-refractivity contribution >= 4 is 23.8 Å². The predicted octanol–water partition coefficient (Wildman–Crippen LogP) is 0.851. The molecule has 0 rings (SSSR count). The van der Waals surface area contributed by atoms with Crippen LogP contribution in [0.2, 0.25) is 0 Å². The first kappa shape index (κ1) is 8.40. The fourth-order valence-corrected chi connectivity index (χ4v) is 0.834. The van der Waals surface area contributed by atoms with Crippen molar-refractivity contribution in [3.63, 3.8) is 0 Å². The molecule has 1 unspecified atom stereocenters. The van der Waals surface area contributed by atoms with Crippen LogP contribution in [-0.2, 0) is 11.2 Å². The lowest BCUT2D eigenvalue weighted by Crippen LogP contribution is -1.98. The zero-order valence-electron chi connectivity index (χ0n) is 4.83. The van der Waals surface area contributed by atoms with E-state index in [2.05, 4.69) is 12.6 Å². The van der Waals surface area contributed by atoms with Crippen LogP contribution >= 0.6 is 12.6 Å². The topological polar surface area (TPSA) is 23.1 Å². The molecule has 0 aromatic rings. The molecule has 3 heteroatoms. The Bertz CT molecular complexity index is 70.8. The third-order valence-corrected chi connectivity index (χ3v) is 1.48. The lowest BCUT2D eigenvalue weighted by molar-refractivity contribution is 0.603. The van der Waals surface area contributed by atoms with E-state index in [9.17, 15) is 4.55 Å². The van der Waals surface area contributed by atoms with Gasteiger partial charge in [0.25, 0.3) is 0 Å². The first-order valence-corrected chi connectivity index (χ1v) is 4.69. The molecular weight excluding hydrogens is 140 g/mol. The van der Waals surface area contributed by atoms with Gasteiger partial charge in [0, 0.05) is 5.75 Å². The van der Waals surface area contributed by atoms with Crippen molar-refractivity contribution in [2.24, 2.45) is 0 Å². The lowest BCUT2D eigenvalue weighted by atomic mass is 10.6. The standard InChI is InChI=1S/C5H10OS2/c1-8(6)5-3-2-4-7/h2-3,7H,4-5H2,1H3/b3-2+. The Kier molecular flexibility index (Phi) is 5.81. The largest absolute Gasteiger partial charge is 0.616 e. The van der Waals surface area contributed by atoms with Crippen molar-refractivity contribution in [1.29, 1.82) is 0 Å². The molecule has 0 aliphatic rings. The Morgan fingerprint density at radius 1 is 1.62 bits per heavy atom. The fraction of sp³-hybridized carbons (Fsp3) is 0.600. The van der Waals surface area contributed by atoms with Gasteiger partial charge < -0.3 is 4.55 Å². The van der Waals surface area contributed by atoms with Gasteiger partial charge in [-0.3, -0.25) is 0 Å². The molecule has 0 fully saturated rings. The van der Waals surface area contributed by atoms with Gasteiger partial charge in [0.1, 0.15) is 5.75 Å². The van der Waals surface area contributed by atoms with Crippen molar-refractivity contribution in [3.8, 4) is 0 Å². The van der Waals surface area contributed by atoms with Crippen molar-refractivity contribution in [2.45, 2.75) is 0 Å². The van der Waals surface area contributed by atoms with Gasteiger partial charge in [-0.15, -0.1) is 0 Å².